The van der Waals surface area contributed by atoms with Gasteiger partial charge in [0, 0.05) is 34.7 Å². The summed E-state index contributed by atoms with van der Waals surface area (Å²) >= 11 is 5.34. The van der Waals surface area contributed by atoms with Crippen LogP contribution in [0.3, 0.4) is 0 Å². The number of aromatic nitrogens is 3. The second-order valence-electron chi connectivity index (χ2n) is 6.71. The van der Waals surface area contributed by atoms with Gasteiger partial charge in [-0.2, -0.15) is 5.10 Å². The topological polar surface area (TPSA) is 140 Å². The van der Waals surface area contributed by atoms with E-state index >= 15 is 0 Å². The second kappa shape index (κ2) is 9.80. The summed E-state index contributed by atoms with van der Waals surface area (Å²) in [6.45, 7) is 4.52. The van der Waals surface area contributed by atoms with E-state index in [1.54, 1.807) is 11.6 Å². The van der Waals surface area contributed by atoms with Crippen molar-refractivity contribution >= 4 is 36.0 Å². The summed E-state index contributed by atoms with van der Waals surface area (Å²) in [5.41, 5.74) is 0. The molecule has 1 aliphatic rings. The summed E-state index contributed by atoms with van der Waals surface area (Å²) in [6.07, 6.45) is -2.97. The van der Waals surface area contributed by atoms with Gasteiger partial charge >= 0.3 is 17.9 Å². The largest absolute Gasteiger partial charge is 0.463 e. The van der Waals surface area contributed by atoms with Crippen molar-refractivity contribution in [3.8, 4) is 0 Å². The number of aryl methyl sites for hydroxylation is 1. The van der Waals surface area contributed by atoms with Crippen LogP contribution in [0.4, 0.5) is 0 Å². The van der Waals surface area contributed by atoms with Crippen LogP contribution in [0, 0.1) is 4.77 Å². The van der Waals surface area contributed by atoms with Crippen molar-refractivity contribution in [1.29, 1.82) is 0 Å². The van der Waals surface area contributed by atoms with Gasteiger partial charge in [0.15, 0.2) is 23.2 Å². The monoisotopic (exact) mass is 444 g/mol. The van der Waals surface area contributed by atoms with Crippen LogP contribution >= 0.6 is 12.2 Å². The molecule has 0 radical (unpaired) electrons. The van der Waals surface area contributed by atoms with Gasteiger partial charge in [-0.15, -0.1) is 0 Å². The Balaban J connectivity index is 2.56. The summed E-state index contributed by atoms with van der Waals surface area (Å²) in [5, 5.41) is 6.82. The fourth-order valence-corrected chi connectivity index (χ4v) is 3.28. The molecular formula is C17H24N4O8S. The van der Waals surface area contributed by atoms with E-state index < -0.39 is 54.4 Å². The maximum Gasteiger partial charge on any atom is 0.303 e. The molecule has 0 bridgehead atoms. The maximum atomic E-state index is 11.9. The molecule has 1 saturated heterocycles. The number of nitrogens with zero attached hydrogens (tertiary/aromatic N) is 3. The van der Waals surface area contributed by atoms with Gasteiger partial charge in [0.1, 0.15) is 25.1 Å². The molecule has 1 fully saturated rings. The van der Waals surface area contributed by atoms with E-state index in [1.807, 2.05) is 0 Å². The lowest BCUT2D eigenvalue weighted by Gasteiger charge is -2.45. The third kappa shape index (κ3) is 5.63. The van der Waals surface area contributed by atoms with Crippen molar-refractivity contribution in [2.75, 3.05) is 6.61 Å². The molecule has 1 aromatic rings. The zero-order valence-electron chi connectivity index (χ0n) is 17.2. The zero-order chi connectivity index (χ0) is 22.6. The molecule has 0 saturated carbocycles. The van der Waals surface area contributed by atoms with Crippen LogP contribution < -0.4 is 5.32 Å². The van der Waals surface area contributed by atoms with E-state index in [-0.39, 0.29) is 11.4 Å². The minimum absolute atomic E-state index is 0.258. The number of amides is 1. The standard InChI is InChI=1S/C17H24N4O8S/c1-8(22)19-13-15(28-11(4)25)14(27-10(3)24)12(6-26-9(2)23)29-16(13)21-17(30)20(5)7-18-21/h7,12-16H,6H2,1-5H3,(H,19,22). The van der Waals surface area contributed by atoms with Crippen LogP contribution in [0.15, 0.2) is 6.33 Å². The Labute approximate surface area is 177 Å². The van der Waals surface area contributed by atoms with Gasteiger partial charge < -0.3 is 28.8 Å². The number of hydrogen-bond donors (Lipinski definition) is 1. The summed E-state index contributed by atoms with van der Waals surface area (Å²) in [6, 6.07) is -1.01. The first-order chi connectivity index (χ1) is 14.0. The molecule has 5 unspecified atom stereocenters. The summed E-state index contributed by atoms with van der Waals surface area (Å²) in [4.78, 5) is 46.7. The number of rotatable bonds is 6. The van der Waals surface area contributed by atoms with Crippen molar-refractivity contribution < 1.29 is 38.1 Å². The molecule has 1 N–H and O–H groups in total. The van der Waals surface area contributed by atoms with Crippen LogP contribution in [0.25, 0.3) is 0 Å². The van der Waals surface area contributed by atoms with Gasteiger partial charge in [0.05, 0.1) is 0 Å². The highest BCUT2D eigenvalue weighted by atomic mass is 32.1. The Kier molecular flexibility index (Phi) is 7.67. The van der Waals surface area contributed by atoms with Crippen molar-refractivity contribution in [3.05, 3.63) is 11.1 Å². The normalized spacial score (nSPS) is 25.8. The highest BCUT2D eigenvalue weighted by Crippen LogP contribution is 2.32. The van der Waals surface area contributed by atoms with Gasteiger partial charge in [-0.05, 0) is 12.2 Å². The Hall–Kier alpha value is -2.80. The van der Waals surface area contributed by atoms with E-state index in [1.165, 1.54) is 38.7 Å². The molecule has 30 heavy (non-hydrogen) atoms. The fraction of sp³-hybridized carbons (Fsp3) is 0.647. The highest BCUT2D eigenvalue weighted by molar-refractivity contribution is 7.71. The molecular weight excluding hydrogens is 420 g/mol. The smallest absolute Gasteiger partial charge is 0.303 e. The van der Waals surface area contributed by atoms with Gasteiger partial charge in [-0.3, -0.25) is 19.2 Å². The minimum atomic E-state index is -1.17. The molecule has 1 aromatic heterocycles. The fourth-order valence-electron chi connectivity index (χ4n) is 3.09. The molecule has 0 spiro atoms. The van der Waals surface area contributed by atoms with Gasteiger partial charge in [0.25, 0.3) is 0 Å². The first-order valence-corrected chi connectivity index (χ1v) is 9.42. The summed E-state index contributed by atoms with van der Waals surface area (Å²) < 4.78 is 24.9. The summed E-state index contributed by atoms with van der Waals surface area (Å²) in [5.74, 6) is -2.39. The third-order valence-electron chi connectivity index (χ3n) is 4.18. The van der Waals surface area contributed by atoms with E-state index in [0.717, 1.165) is 0 Å². The molecule has 2 rings (SSSR count). The molecule has 1 aliphatic heterocycles. The van der Waals surface area contributed by atoms with Crippen molar-refractivity contribution in [2.24, 2.45) is 7.05 Å². The molecule has 5 atom stereocenters. The van der Waals surface area contributed by atoms with E-state index in [2.05, 4.69) is 10.4 Å². The molecule has 0 aliphatic carbocycles. The SMILES string of the molecule is CC(=O)NC1C(OC(C)=O)C(OC(C)=O)C(COC(C)=O)OC1n1ncn(C)c1=S. The lowest BCUT2D eigenvalue weighted by atomic mass is 9.95. The summed E-state index contributed by atoms with van der Waals surface area (Å²) in [7, 11) is 1.67. The molecule has 1 amide bonds. The maximum absolute atomic E-state index is 11.9. The number of nitrogens with one attached hydrogen (secondary N) is 1. The second-order valence-corrected chi connectivity index (χ2v) is 7.08. The van der Waals surface area contributed by atoms with Crippen LogP contribution in [0.2, 0.25) is 0 Å². The molecule has 0 aromatic carbocycles. The highest BCUT2D eigenvalue weighted by Gasteiger charge is 2.52. The van der Waals surface area contributed by atoms with Crippen LogP contribution in [0.1, 0.15) is 33.9 Å². The van der Waals surface area contributed by atoms with Gasteiger partial charge in [-0.1, -0.05) is 0 Å². The predicted octanol–water partition coefficient (Wildman–Crippen LogP) is -0.220. The van der Waals surface area contributed by atoms with Crippen LogP contribution in [-0.2, 0) is 45.2 Å². The third-order valence-corrected chi connectivity index (χ3v) is 4.65. The predicted molar refractivity (Wildman–Crippen MR) is 101 cm³/mol. The lowest BCUT2D eigenvalue weighted by molar-refractivity contribution is -0.239. The quantitative estimate of drug-likeness (QED) is 0.356. The van der Waals surface area contributed by atoms with Gasteiger partial charge in [-0.25, -0.2) is 4.68 Å². The van der Waals surface area contributed by atoms with Crippen molar-refractivity contribution in [3.63, 3.8) is 0 Å². The van der Waals surface area contributed by atoms with Crippen molar-refractivity contribution in [2.45, 2.75) is 58.3 Å². The Bertz CT molecular complexity index is 881. The van der Waals surface area contributed by atoms with E-state index in [4.69, 9.17) is 31.2 Å². The van der Waals surface area contributed by atoms with Gasteiger partial charge in [0.2, 0.25) is 5.91 Å². The molecule has 12 nitrogen and oxygen atoms in total. The first-order valence-electron chi connectivity index (χ1n) is 9.01. The Morgan fingerprint density at radius 1 is 1.10 bits per heavy atom. The average molecular weight is 444 g/mol. The lowest BCUT2D eigenvalue weighted by Crippen LogP contribution is -2.64. The molecule has 2 heterocycles. The number of esters is 3. The minimum Gasteiger partial charge on any atom is -0.463 e. The van der Waals surface area contributed by atoms with Crippen LogP contribution in [-0.4, -0.2) is 69.1 Å². The number of carbonyl (C=O) groups is 4. The Morgan fingerprint density at radius 2 is 1.70 bits per heavy atom. The average Bonchev–Trinajstić information content (AvgIpc) is 2.94. The van der Waals surface area contributed by atoms with E-state index in [9.17, 15) is 19.2 Å². The number of hydrogen-bond acceptors (Lipinski definition) is 10. The molecule has 13 heteroatoms. The van der Waals surface area contributed by atoms with E-state index in [0.29, 0.717) is 0 Å². The first kappa shape index (κ1) is 23.5. The Morgan fingerprint density at radius 3 is 2.17 bits per heavy atom. The number of ether oxygens (including phenoxy) is 4. The van der Waals surface area contributed by atoms with Crippen molar-refractivity contribution in [1.82, 2.24) is 19.7 Å². The number of carbonyl (C=O) groups excluding carboxylic acids is 4. The zero-order valence-corrected chi connectivity index (χ0v) is 18.0. The van der Waals surface area contributed by atoms with Crippen LogP contribution in [0.5, 0.6) is 0 Å². The molecule has 166 valence electrons.